The lowest BCUT2D eigenvalue weighted by atomic mass is 10.1. The fourth-order valence-electron chi connectivity index (χ4n) is 2.32. The number of aliphatic hydroxyl groups is 2. The zero-order valence-corrected chi connectivity index (χ0v) is 10.0. The van der Waals surface area contributed by atoms with E-state index in [-0.39, 0.29) is 11.0 Å². The molecule has 1 saturated heterocycles. The summed E-state index contributed by atoms with van der Waals surface area (Å²) in [6, 6.07) is 0. The van der Waals surface area contributed by atoms with E-state index < -0.39 is 42.6 Å². The van der Waals surface area contributed by atoms with Gasteiger partial charge in [-0.05, 0) is 0 Å². The van der Waals surface area contributed by atoms with E-state index in [1.807, 2.05) is 0 Å². The highest BCUT2D eigenvalue weighted by Crippen LogP contribution is 2.34. The number of nitrogens with one attached hydrogen (secondary N) is 1. The second-order valence-corrected chi connectivity index (χ2v) is 4.50. The van der Waals surface area contributed by atoms with Crippen molar-refractivity contribution in [1.29, 1.82) is 0 Å². The number of nitrogens with zero attached hydrogens (tertiary/aromatic N) is 2. The fraction of sp³-hybridized carbons (Fsp3) is 0.455. The van der Waals surface area contributed by atoms with Crippen molar-refractivity contribution in [2.45, 2.75) is 24.6 Å². The lowest BCUT2D eigenvalue weighted by molar-refractivity contribution is -0.0459. The molecule has 0 aromatic carbocycles. The van der Waals surface area contributed by atoms with Gasteiger partial charge in [-0.1, -0.05) is 0 Å². The van der Waals surface area contributed by atoms with Crippen LogP contribution in [0.4, 0.5) is 8.78 Å². The molecule has 7 nitrogen and oxygen atoms in total. The summed E-state index contributed by atoms with van der Waals surface area (Å²) in [6.45, 7) is -0.576. The molecule has 1 aliphatic heterocycles. The van der Waals surface area contributed by atoms with Crippen LogP contribution < -0.4 is 5.56 Å². The molecule has 0 spiro atoms. The van der Waals surface area contributed by atoms with Gasteiger partial charge < -0.3 is 19.9 Å². The van der Waals surface area contributed by atoms with Gasteiger partial charge in [0, 0.05) is 6.20 Å². The quantitative estimate of drug-likeness (QED) is 0.688. The second-order valence-electron chi connectivity index (χ2n) is 4.50. The van der Waals surface area contributed by atoms with Crippen LogP contribution in [-0.2, 0) is 4.74 Å². The van der Waals surface area contributed by atoms with Gasteiger partial charge in [0.25, 0.3) is 5.56 Å². The molecule has 1 aliphatic rings. The van der Waals surface area contributed by atoms with Crippen LogP contribution in [0.3, 0.4) is 0 Å². The summed E-state index contributed by atoms with van der Waals surface area (Å²) in [5, 5.41) is 18.2. The maximum absolute atomic E-state index is 14.0. The summed E-state index contributed by atoms with van der Waals surface area (Å²) in [4.78, 5) is 17.5. The first-order valence-electron chi connectivity index (χ1n) is 5.86. The maximum Gasteiger partial charge on any atom is 0.263 e. The second kappa shape index (κ2) is 4.62. The summed E-state index contributed by atoms with van der Waals surface area (Å²) >= 11 is 0. The van der Waals surface area contributed by atoms with Gasteiger partial charge >= 0.3 is 0 Å². The van der Waals surface area contributed by atoms with Crippen molar-refractivity contribution in [2.75, 3.05) is 6.61 Å². The largest absolute Gasteiger partial charge is 0.394 e. The third kappa shape index (κ3) is 1.74. The number of hydrogen-bond donors (Lipinski definition) is 3. The molecule has 0 bridgehead atoms. The minimum atomic E-state index is -1.87. The number of hydrogen-bond acceptors (Lipinski definition) is 5. The number of aliphatic hydroxyl groups excluding tert-OH is 2. The van der Waals surface area contributed by atoms with Gasteiger partial charge in [-0.15, -0.1) is 0 Å². The zero-order chi connectivity index (χ0) is 14.4. The molecule has 20 heavy (non-hydrogen) atoms. The minimum absolute atomic E-state index is 0.0929. The highest BCUT2D eigenvalue weighted by atomic mass is 19.1. The Bertz CT molecular complexity index is 701. The van der Waals surface area contributed by atoms with Crippen LogP contribution in [-0.4, -0.2) is 49.7 Å². The number of ether oxygens (including phenoxy) is 1. The van der Waals surface area contributed by atoms with Crippen molar-refractivity contribution in [3.05, 3.63) is 28.7 Å². The summed E-state index contributed by atoms with van der Waals surface area (Å²) < 4.78 is 33.9. The highest BCUT2D eigenvalue weighted by molar-refractivity contribution is 5.75. The van der Waals surface area contributed by atoms with E-state index in [2.05, 4.69) is 9.97 Å². The average Bonchev–Trinajstić information content (AvgIpc) is 2.90. The van der Waals surface area contributed by atoms with E-state index in [4.69, 9.17) is 9.84 Å². The molecule has 2 aromatic rings. The minimum Gasteiger partial charge on any atom is -0.394 e. The monoisotopic (exact) mass is 287 g/mol. The maximum atomic E-state index is 14.0. The zero-order valence-electron chi connectivity index (χ0n) is 10.0. The Hall–Kier alpha value is -1.84. The number of alkyl halides is 1. The first-order valence-corrected chi connectivity index (χ1v) is 5.86. The third-order valence-electron chi connectivity index (χ3n) is 3.32. The van der Waals surface area contributed by atoms with E-state index in [1.54, 1.807) is 0 Å². The molecule has 0 amide bonds. The Morgan fingerprint density at radius 3 is 2.95 bits per heavy atom. The molecule has 1 fully saturated rings. The lowest BCUT2D eigenvalue weighted by Gasteiger charge is -2.15. The molecule has 0 saturated carbocycles. The number of aromatic nitrogens is 3. The van der Waals surface area contributed by atoms with Gasteiger partial charge in [-0.25, -0.2) is 13.8 Å². The topological polar surface area (TPSA) is 100 Å². The van der Waals surface area contributed by atoms with E-state index in [1.165, 1.54) is 0 Å². The Morgan fingerprint density at radius 2 is 2.30 bits per heavy atom. The highest BCUT2D eigenvalue weighted by Gasteiger charge is 2.45. The molecule has 1 unspecified atom stereocenters. The van der Waals surface area contributed by atoms with Gasteiger partial charge in [0.1, 0.15) is 17.6 Å². The molecule has 0 radical (unpaired) electrons. The third-order valence-corrected chi connectivity index (χ3v) is 3.32. The van der Waals surface area contributed by atoms with Crippen LogP contribution in [0.1, 0.15) is 6.23 Å². The van der Waals surface area contributed by atoms with E-state index in [0.717, 1.165) is 17.1 Å². The van der Waals surface area contributed by atoms with E-state index >= 15 is 0 Å². The van der Waals surface area contributed by atoms with Gasteiger partial charge in [0.2, 0.25) is 0 Å². The molecule has 9 heteroatoms. The predicted molar refractivity (Wildman–Crippen MR) is 62.2 cm³/mol. The number of aromatic amines is 1. The molecule has 3 heterocycles. The van der Waals surface area contributed by atoms with Crippen molar-refractivity contribution in [2.24, 2.45) is 0 Å². The van der Waals surface area contributed by atoms with Crippen LogP contribution >= 0.6 is 0 Å². The number of fused-ring (bicyclic) bond motifs is 1. The van der Waals surface area contributed by atoms with Crippen LogP contribution in [0, 0.1) is 5.82 Å². The Kier molecular flexibility index (Phi) is 3.04. The van der Waals surface area contributed by atoms with Crippen LogP contribution in [0.2, 0.25) is 0 Å². The fourth-order valence-corrected chi connectivity index (χ4v) is 2.32. The smallest absolute Gasteiger partial charge is 0.263 e. The molecule has 2 aromatic heterocycles. The van der Waals surface area contributed by atoms with Crippen LogP contribution in [0.5, 0.6) is 0 Å². The van der Waals surface area contributed by atoms with Gasteiger partial charge in [0.05, 0.1) is 12.9 Å². The summed E-state index contributed by atoms with van der Waals surface area (Å²) in [6.07, 6.45) is -3.93. The Morgan fingerprint density at radius 1 is 1.55 bits per heavy atom. The predicted octanol–water partition coefficient (Wildman–Crippen LogP) is -0.548. The Balaban J connectivity index is 2.12. The molecule has 3 rings (SSSR count). The van der Waals surface area contributed by atoms with Gasteiger partial charge in [0.15, 0.2) is 23.9 Å². The van der Waals surface area contributed by atoms with Gasteiger partial charge in [-0.2, -0.15) is 0 Å². The van der Waals surface area contributed by atoms with Crippen molar-refractivity contribution in [3.8, 4) is 0 Å². The number of halogens is 2. The standard InChI is InChI=1S/C11H11F2N3O4/c12-4-1-16(9-6(4)10(19)15-3-14-9)11-7(13)8(18)5(2-17)20-11/h1,3,5,7-8,11,17-18H,2H2,(H,14,15,19)/t5-,7+,8?,11-/m1/s1. The van der Waals surface area contributed by atoms with Crippen molar-refractivity contribution in [3.63, 3.8) is 0 Å². The van der Waals surface area contributed by atoms with Gasteiger partial charge in [-0.3, -0.25) is 9.36 Å². The van der Waals surface area contributed by atoms with Crippen molar-refractivity contribution in [1.82, 2.24) is 14.5 Å². The van der Waals surface area contributed by atoms with Crippen LogP contribution in [0.25, 0.3) is 11.0 Å². The Labute approximate surface area is 110 Å². The molecular weight excluding hydrogens is 276 g/mol. The average molecular weight is 287 g/mol. The number of rotatable bonds is 2. The van der Waals surface area contributed by atoms with Crippen molar-refractivity contribution >= 4 is 11.0 Å². The first kappa shape index (κ1) is 13.2. The normalized spacial score (nSPS) is 30.2. The SMILES string of the molecule is O=c1[nH]cnc2c1c(F)cn2[C@@H]1O[C@H](CO)C(O)[C@@H]1F. The van der Waals surface area contributed by atoms with Crippen LogP contribution in [0.15, 0.2) is 17.3 Å². The van der Waals surface area contributed by atoms with E-state index in [9.17, 15) is 18.7 Å². The molecule has 4 atom stereocenters. The summed E-state index contributed by atoms with van der Waals surface area (Å²) in [5.74, 6) is -0.868. The van der Waals surface area contributed by atoms with E-state index in [0.29, 0.717) is 0 Å². The first-order chi connectivity index (χ1) is 9.54. The lowest BCUT2D eigenvalue weighted by Crippen LogP contribution is -2.30. The molecule has 0 aliphatic carbocycles. The molecular formula is C11H11F2N3O4. The molecule has 108 valence electrons. The summed E-state index contributed by atoms with van der Waals surface area (Å²) in [7, 11) is 0. The van der Waals surface area contributed by atoms with Crippen molar-refractivity contribution < 1.29 is 23.7 Å². The molecule has 3 N–H and O–H groups in total. The summed E-state index contributed by atoms with van der Waals surface area (Å²) in [5.41, 5.74) is -0.788. The number of H-pyrrole nitrogens is 1.